The summed E-state index contributed by atoms with van der Waals surface area (Å²) in [5.74, 6) is 0. The third-order valence-corrected chi connectivity index (χ3v) is 2.75. The molecule has 0 aliphatic heterocycles. The van der Waals surface area contributed by atoms with Crippen LogP contribution in [0.4, 0.5) is 11.4 Å². The van der Waals surface area contributed by atoms with Gasteiger partial charge in [-0.25, -0.2) is 4.98 Å². The molecular weight excluding hydrogens is 244 g/mol. The van der Waals surface area contributed by atoms with Gasteiger partial charge in [-0.15, -0.1) is 0 Å². The summed E-state index contributed by atoms with van der Waals surface area (Å²) in [6.07, 6.45) is 6.13. The molecule has 100 valence electrons. The van der Waals surface area contributed by atoms with Crippen molar-refractivity contribution in [3.05, 3.63) is 52.6 Å². The topological polar surface area (TPSA) is 73.0 Å². The number of rotatable bonds is 6. The fraction of sp³-hybridized carbons (Fsp3) is 0.308. The lowest BCUT2D eigenvalue weighted by Gasteiger charge is -2.08. The Morgan fingerprint density at radius 2 is 2.32 bits per heavy atom. The van der Waals surface area contributed by atoms with Gasteiger partial charge in [0.25, 0.3) is 5.69 Å². The highest BCUT2D eigenvalue weighted by atomic mass is 16.6. The minimum Gasteiger partial charge on any atom is -0.380 e. The summed E-state index contributed by atoms with van der Waals surface area (Å²) in [6, 6.07) is 5.27. The maximum Gasteiger partial charge on any atom is 0.292 e. The highest BCUT2D eigenvalue weighted by Crippen LogP contribution is 2.25. The summed E-state index contributed by atoms with van der Waals surface area (Å²) in [4.78, 5) is 14.7. The van der Waals surface area contributed by atoms with Crippen molar-refractivity contribution in [2.45, 2.75) is 19.9 Å². The number of nitrogens with zero attached hydrogens (tertiary/aromatic N) is 3. The molecule has 0 bridgehead atoms. The van der Waals surface area contributed by atoms with Gasteiger partial charge in [0.15, 0.2) is 0 Å². The van der Waals surface area contributed by atoms with Gasteiger partial charge in [0.2, 0.25) is 0 Å². The lowest BCUT2D eigenvalue weighted by molar-refractivity contribution is -0.384. The zero-order valence-corrected chi connectivity index (χ0v) is 10.7. The van der Waals surface area contributed by atoms with Gasteiger partial charge >= 0.3 is 0 Å². The van der Waals surface area contributed by atoms with Crippen LogP contribution < -0.4 is 5.32 Å². The summed E-state index contributed by atoms with van der Waals surface area (Å²) in [7, 11) is 0. The van der Waals surface area contributed by atoms with Crippen LogP contribution in [-0.4, -0.2) is 21.0 Å². The van der Waals surface area contributed by atoms with Crippen LogP contribution in [0.2, 0.25) is 0 Å². The molecule has 2 rings (SSSR count). The quantitative estimate of drug-likeness (QED) is 0.640. The van der Waals surface area contributed by atoms with Crippen LogP contribution >= 0.6 is 0 Å². The van der Waals surface area contributed by atoms with Gasteiger partial charge in [0.05, 0.1) is 11.3 Å². The standard InChI is InChI=1S/C13H16N4O2/c1-2-5-15-12-4-3-11(8-13(12)17(18)19)9-16-7-6-14-10-16/h3-4,6-8,10,15H,2,5,9H2,1H3. The number of hydrogen-bond donors (Lipinski definition) is 1. The molecule has 1 aromatic heterocycles. The molecule has 1 N–H and O–H groups in total. The number of anilines is 1. The first-order valence-corrected chi connectivity index (χ1v) is 6.17. The second-order valence-corrected chi connectivity index (χ2v) is 4.27. The van der Waals surface area contributed by atoms with E-state index in [1.165, 1.54) is 0 Å². The maximum absolute atomic E-state index is 11.1. The van der Waals surface area contributed by atoms with E-state index in [2.05, 4.69) is 10.3 Å². The van der Waals surface area contributed by atoms with Crippen LogP contribution in [0.1, 0.15) is 18.9 Å². The summed E-state index contributed by atoms with van der Waals surface area (Å²) in [5, 5.41) is 14.2. The van der Waals surface area contributed by atoms with Crippen molar-refractivity contribution in [2.75, 3.05) is 11.9 Å². The Kier molecular flexibility index (Phi) is 4.12. The molecule has 0 saturated heterocycles. The largest absolute Gasteiger partial charge is 0.380 e. The second kappa shape index (κ2) is 5.99. The lowest BCUT2D eigenvalue weighted by atomic mass is 10.1. The first-order valence-electron chi connectivity index (χ1n) is 6.17. The molecule has 0 fully saturated rings. The van der Waals surface area contributed by atoms with Gasteiger partial charge < -0.3 is 9.88 Å². The maximum atomic E-state index is 11.1. The summed E-state index contributed by atoms with van der Waals surface area (Å²) < 4.78 is 1.87. The minimum atomic E-state index is -0.352. The molecule has 1 aromatic carbocycles. The summed E-state index contributed by atoms with van der Waals surface area (Å²) in [6.45, 7) is 3.32. The van der Waals surface area contributed by atoms with Gasteiger partial charge in [0.1, 0.15) is 5.69 Å². The van der Waals surface area contributed by atoms with Crippen molar-refractivity contribution in [3.63, 3.8) is 0 Å². The van der Waals surface area contributed by atoms with Crippen LogP contribution in [0.5, 0.6) is 0 Å². The Labute approximate surface area is 111 Å². The highest BCUT2D eigenvalue weighted by Gasteiger charge is 2.14. The molecule has 19 heavy (non-hydrogen) atoms. The summed E-state index contributed by atoms with van der Waals surface area (Å²) in [5.41, 5.74) is 1.57. The SMILES string of the molecule is CCCNc1ccc(Cn2ccnc2)cc1[N+](=O)[O-]. The molecular formula is C13H16N4O2. The van der Waals surface area contributed by atoms with E-state index < -0.39 is 0 Å². The average Bonchev–Trinajstić information content (AvgIpc) is 2.90. The van der Waals surface area contributed by atoms with E-state index in [4.69, 9.17) is 0 Å². The van der Waals surface area contributed by atoms with Crippen LogP contribution in [-0.2, 0) is 6.54 Å². The highest BCUT2D eigenvalue weighted by molar-refractivity contribution is 5.62. The van der Waals surface area contributed by atoms with Crippen LogP contribution in [0, 0.1) is 10.1 Å². The number of nitro groups is 1. The molecule has 0 unspecified atom stereocenters. The number of aromatic nitrogens is 2. The Bertz CT molecular complexity index is 552. The zero-order chi connectivity index (χ0) is 13.7. The van der Waals surface area contributed by atoms with E-state index >= 15 is 0 Å². The first-order chi connectivity index (χ1) is 9.20. The molecule has 6 heteroatoms. The van der Waals surface area contributed by atoms with Crippen molar-refractivity contribution in [1.82, 2.24) is 9.55 Å². The monoisotopic (exact) mass is 260 g/mol. The van der Waals surface area contributed by atoms with E-state index in [0.29, 0.717) is 12.2 Å². The molecule has 0 atom stereocenters. The van der Waals surface area contributed by atoms with Crippen LogP contribution in [0.15, 0.2) is 36.9 Å². The van der Waals surface area contributed by atoms with Gasteiger partial charge in [0, 0.05) is 31.5 Å². The predicted octanol–water partition coefficient (Wildman–Crippen LogP) is 2.66. The molecule has 1 heterocycles. The summed E-state index contributed by atoms with van der Waals surface area (Å²) >= 11 is 0. The Balaban J connectivity index is 2.23. The first kappa shape index (κ1) is 13.1. The third kappa shape index (κ3) is 3.31. The number of nitrogens with one attached hydrogen (secondary N) is 1. The van der Waals surface area contributed by atoms with Gasteiger partial charge in [-0.1, -0.05) is 13.0 Å². The Morgan fingerprint density at radius 3 is 2.95 bits per heavy atom. The number of benzene rings is 1. The molecule has 0 aliphatic rings. The van der Waals surface area contributed by atoms with Crippen molar-refractivity contribution >= 4 is 11.4 Å². The van der Waals surface area contributed by atoms with E-state index in [1.54, 1.807) is 24.7 Å². The van der Waals surface area contributed by atoms with Crippen molar-refractivity contribution < 1.29 is 4.92 Å². The van der Waals surface area contributed by atoms with Gasteiger partial charge in [-0.05, 0) is 18.1 Å². The molecule has 0 amide bonds. The molecule has 0 saturated carbocycles. The predicted molar refractivity (Wildman–Crippen MR) is 73.2 cm³/mol. The van der Waals surface area contributed by atoms with E-state index in [-0.39, 0.29) is 10.6 Å². The number of imidazole rings is 1. The van der Waals surface area contributed by atoms with Gasteiger partial charge in [-0.3, -0.25) is 10.1 Å². The second-order valence-electron chi connectivity index (χ2n) is 4.27. The Morgan fingerprint density at radius 1 is 1.47 bits per heavy atom. The van der Waals surface area contributed by atoms with Crippen molar-refractivity contribution in [3.8, 4) is 0 Å². The Hall–Kier alpha value is -2.37. The van der Waals surface area contributed by atoms with E-state index in [9.17, 15) is 10.1 Å². The van der Waals surface area contributed by atoms with Crippen LogP contribution in [0.25, 0.3) is 0 Å². The third-order valence-electron chi connectivity index (χ3n) is 2.75. The minimum absolute atomic E-state index is 0.117. The van der Waals surface area contributed by atoms with Crippen LogP contribution in [0.3, 0.4) is 0 Å². The molecule has 0 radical (unpaired) electrons. The molecule has 6 nitrogen and oxygen atoms in total. The zero-order valence-electron chi connectivity index (χ0n) is 10.7. The van der Waals surface area contributed by atoms with Crippen molar-refractivity contribution in [2.24, 2.45) is 0 Å². The molecule has 2 aromatic rings. The number of nitro benzene ring substituents is 1. The smallest absolute Gasteiger partial charge is 0.292 e. The van der Waals surface area contributed by atoms with Gasteiger partial charge in [-0.2, -0.15) is 0 Å². The normalized spacial score (nSPS) is 10.4. The lowest BCUT2D eigenvalue weighted by Crippen LogP contribution is -2.04. The van der Waals surface area contributed by atoms with E-state index in [0.717, 1.165) is 18.5 Å². The molecule has 0 spiro atoms. The number of hydrogen-bond acceptors (Lipinski definition) is 4. The fourth-order valence-corrected chi connectivity index (χ4v) is 1.83. The fourth-order valence-electron chi connectivity index (χ4n) is 1.83. The van der Waals surface area contributed by atoms with E-state index in [1.807, 2.05) is 23.8 Å². The average molecular weight is 260 g/mol. The molecule has 0 aliphatic carbocycles. The van der Waals surface area contributed by atoms with Crippen molar-refractivity contribution in [1.29, 1.82) is 0 Å².